The lowest BCUT2D eigenvalue weighted by molar-refractivity contribution is -0.122. The molecule has 1 amide bonds. The first-order valence-electron chi connectivity index (χ1n) is 6.80. The van der Waals surface area contributed by atoms with Gasteiger partial charge in [0.25, 0.3) is 0 Å². The Hall–Kier alpha value is -1.16. The van der Waals surface area contributed by atoms with Gasteiger partial charge >= 0.3 is 0 Å². The summed E-state index contributed by atoms with van der Waals surface area (Å²) in [4.78, 5) is 12.3. The summed E-state index contributed by atoms with van der Waals surface area (Å²) < 4.78 is 0. The molecule has 2 rings (SSSR count). The average Bonchev–Trinajstić information content (AvgIpc) is 2.85. The maximum atomic E-state index is 12.3. The van der Waals surface area contributed by atoms with Gasteiger partial charge in [-0.1, -0.05) is 18.6 Å². The number of thioether (sulfide) groups is 1. The Morgan fingerprint density at radius 1 is 1.47 bits per heavy atom. The van der Waals surface area contributed by atoms with E-state index in [-0.39, 0.29) is 11.8 Å². The maximum absolute atomic E-state index is 12.3. The molecular formula is C15H22N2OS. The lowest BCUT2D eigenvalue weighted by atomic mass is 9.99. The molecule has 1 saturated carbocycles. The molecule has 3 N–H and O–H groups in total. The number of hydrogen-bond acceptors (Lipinski definition) is 3. The minimum Gasteiger partial charge on any atom is -0.399 e. The lowest BCUT2D eigenvalue weighted by Gasteiger charge is -2.21. The second-order valence-electron chi connectivity index (χ2n) is 5.21. The van der Waals surface area contributed by atoms with Crippen molar-refractivity contribution < 1.29 is 4.79 Å². The number of rotatable bonds is 4. The van der Waals surface area contributed by atoms with Crippen LogP contribution in [0.15, 0.2) is 24.3 Å². The van der Waals surface area contributed by atoms with Crippen LogP contribution in [0.2, 0.25) is 0 Å². The van der Waals surface area contributed by atoms with Gasteiger partial charge in [0, 0.05) is 17.0 Å². The van der Waals surface area contributed by atoms with Crippen LogP contribution in [0.5, 0.6) is 0 Å². The Morgan fingerprint density at radius 2 is 2.26 bits per heavy atom. The van der Waals surface area contributed by atoms with Crippen LogP contribution in [0.25, 0.3) is 0 Å². The molecule has 0 radical (unpaired) electrons. The zero-order valence-corrected chi connectivity index (χ0v) is 12.4. The lowest BCUT2D eigenvalue weighted by Crippen LogP contribution is -2.40. The van der Waals surface area contributed by atoms with Gasteiger partial charge in [-0.3, -0.25) is 4.79 Å². The van der Waals surface area contributed by atoms with Crippen LogP contribution in [-0.2, 0) is 4.79 Å². The standard InChI is InChI=1S/C15H22N2OS/c1-10(11-5-3-6-12(16)9-11)15(18)17-13-7-4-8-14(13)19-2/h3,5-6,9-10,13-14H,4,7-8,16H2,1-2H3,(H,17,18). The first-order chi connectivity index (χ1) is 9.11. The SMILES string of the molecule is CSC1CCCC1NC(=O)C(C)c1cccc(N)c1. The monoisotopic (exact) mass is 278 g/mol. The highest BCUT2D eigenvalue weighted by atomic mass is 32.2. The van der Waals surface area contributed by atoms with E-state index in [2.05, 4.69) is 11.6 Å². The molecule has 0 aliphatic heterocycles. The Balaban J connectivity index is 1.99. The number of anilines is 1. The van der Waals surface area contributed by atoms with Gasteiger partial charge in [-0.25, -0.2) is 0 Å². The number of hydrogen-bond donors (Lipinski definition) is 2. The van der Waals surface area contributed by atoms with Gasteiger partial charge < -0.3 is 11.1 Å². The topological polar surface area (TPSA) is 55.1 Å². The summed E-state index contributed by atoms with van der Waals surface area (Å²) in [5, 5.41) is 3.76. The van der Waals surface area contributed by atoms with Crippen LogP contribution < -0.4 is 11.1 Å². The molecule has 104 valence electrons. The van der Waals surface area contributed by atoms with Crippen LogP contribution in [0.4, 0.5) is 5.69 Å². The van der Waals surface area contributed by atoms with E-state index in [0.717, 1.165) is 12.0 Å². The van der Waals surface area contributed by atoms with E-state index in [9.17, 15) is 4.79 Å². The van der Waals surface area contributed by atoms with E-state index in [0.29, 0.717) is 17.0 Å². The molecule has 4 heteroatoms. The van der Waals surface area contributed by atoms with Crippen molar-refractivity contribution in [3.05, 3.63) is 29.8 Å². The zero-order chi connectivity index (χ0) is 13.8. The summed E-state index contributed by atoms with van der Waals surface area (Å²) in [6.45, 7) is 1.94. The van der Waals surface area contributed by atoms with Crippen molar-refractivity contribution in [2.45, 2.75) is 43.4 Å². The van der Waals surface area contributed by atoms with Gasteiger partial charge in [-0.15, -0.1) is 0 Å². The Labute approximate surface area is 119 Å². The predicted octanol–water partition coefficient (Wildman–Crippen LogP) is 2.77. The number of benzene rings is 1. The predicted molar refractivity (Wildman–Crippen MR) is 82.4 cm³/mol. The quantitative estimate of drug-likeness (QED) is 0.833. The summed E-state index contributed by atoms with van der Waals surface area (Å²) >= 11 is 1.86. The normalized spacial score (nSPS) is 24.1. The fraction of sp³-hybridized carbons (Fsp3) is 0.533. The highest BCUT2D eigenvalue weighted by Gasteiger charge is 2.29. The van der Waals surface area contributed by atoms with Gasteiger partial charge in [0.15, 0.2) is 0 Å². The molecule has 0 saturated heterocycles. The molecule has 1 aliphatic rings. The average molecular weight is 278 g/mol. The molecule has 1 aromatic rings. The van der Waals surface area contributed by atoms with Crippen LogP contribution >= 0.6 is 11.8 Å². The van der Waals surface area contributed by atoms with E-state index >= 15 is 0 Å². The number of nitrogens with two attached hydrogens (primary N) is 1. The fourth-order valence-corrected chi connectivity index (χ4v) is 3.60. The third kappa shape index (κ3) is 3.44. The van der Waals surface area contributed by atoms with Crippen LogP contribution in [0, 0.1) is 0 Å². The Morgan fingerprint density at radius 3 is 2.95 bits per heavy atom. The first kappa shape index (κ1) is 14.3. The van der Waals surface area contributed by atoms with Crippen molar-refractivity contribution in [1.29, 1.82) is 0 Å². The van der Waals surface area contributed by atoms with Crippen LogP contribution in [0.3, 0.4) is 0 Å². The van der Waals surface area contributed by atoms with Gasteiger partial charge in [-0.2, -0.15) is 11.8 Å². The highest BCUT2D eigenvalue weighted by molar-refractivity contribution is 7.99. The number of amides is 1. The molecule has 3 nitrogen and oxygen atoms in total. The molecule has 1 aromatic carbocycles. The van der Waals surface area contributed by atoms with E-state index < -0.39 is 0 Å². The summed E-state index contributed by atoms with van der Waals surface area (Å²) in [5.74, 6) is -0.0387. The summed E-state index contributed by atoms with van der Waals surface area (Å²) in [6.07, 6.45) is 5.64. The molecule has 3 atom stereocenters. The first-order valence-corrected chi connectivity index (χ1v) is 8.09. The number of nitrogen functional groups attached to an aromatic ring is 1. The minimum absolute atomic E-state index is 0.108. The maximum Gasteiger partial charge on any atom is 0.227 e. The molecule has 19 heavy (non-hydrogen) atoms. The molecule has 0 spiro atoms. The van der Waals surface area contributed by atoms with Gasteiger partial charge in [0.1, 0.15) is 0 Å². The Kier molecular flexibility index (Phi) is 4.75. The van der Waals surface area contributed by atoms with E-state index in [1.807, 2.05) is 43.0 Å². The second kappa shape index (κ2) is 6.33. The van der Waals surface area contributed by atoms with Crippen molar-refractivity contribution >= 4 is 23.4 Å². The largest absolute Gasteiger partial charge is 0.399 e. The van der Waals surface area contributed by atoms with Gasteiger partial charge in [0.2, 0.25) is 5.91 Å². The van der Waals surface area contributed by atoms with Crippen LogP contribution in [0.1, 0.15) is 37.7 Å². The van der Waals surface area contributed by atoms with Crippen molar-refractivity contribution in [1.82, 2.24) is 5.32 Å². The van der Waals surface area contributed by atoms with E-state index in [1.54, 1.807) is 0 Å². The molecule has 0 bridgehead atoms. The molecule has 1 fully saturated rings. The molecule has 3 unspecified atom stereocenters. The summed E-state index contributed by atoms with van der Waals surface area (Å²) in [7, 11) is 0. The Bertz CT molecular complexity index is 450. The van der Waals surface area contributed by atoms with E-state index in [4.69, 9.17) is 5.73 Å². The highest BCUT2D eigenvalue weighted by Crippen LogP contribution is 2.29. The zero-order valence-electron chi connectivity index (χ0n) is 11.6. The third-order valence-electron chi connectivity index (χ3n) is 3.89. The number of carbonyl (C=O) groups is 1. The molecule has 1 aliphatic carbocycles. The second-order valence-corrected chi connectivity index (χ2v) is 6.29. The third-order valence-corrected chi connectivity index (χ3v) is 5.06. The summed E-state index contributed by atoms with van der Waals surface area (Å²) in [5.41, 5.74) is 7.46. The van der Waals surface area contributed by atoms with Crippen molar-refractivity contribution in [3.8, 4) is 0 Å². The van der Waals surface area contributed by atoms with Crippen molar-refractivity contribution in [3.63, 3.8) is 0 Å². The molecule has 0 aromatic heterocycles. The number of nitrogens with one attached hydrogen (secondary N) is 1. The van der Waals surface area contributed by atoms with Crippen LogP contribution in [-0.4, -0.2) is 23.5 Å². The fourth-order valence-electron chi connectivity index (χ4n) is 2.66. The number of carbonyl (C=O) groups excluding carboxylic acids is 1. The van der Waals surface area contributed by atoms with Gasteiger partial charge in [-0.05, 0) is 43.7 Å². The molecular weight excluding hydrogens is 256 g/mol. The van der Waals surface area contributed by atoms with E-state index in [1.165, 1.54) is 12.8 Å². The van der Waals surface area contributed by atoms with Crippen molar-refractivity contribution in [2.24, 2.45) is 0 Å². The van der Waals surface area contributed by atoms with Gasteiger partial charge in [0.05, 0.1) is 5.92 Å². The minimum atomic E-state index is -0.147. The smallest absolute Gasteiger partial charge is 0.227 e. The summed E-state index contributed by atoms with van der Waals surface area (Å²) in [6, 6.07) is 7.90. The van der Waals surface area contributed by atoms with Crippen molar-refractivity contribution in [2.75, 3.05) is 12.0 Å². The molecule has 0 heterocycles.